The van der Waals surface area contributed by atoms with E-state index in [2.05, 4.69) is 10.6 Å². The minimum Gasteiger partial charge on any atom is -0.350 e. The van der Waals surface area contributed by atoms with Crippen LogP contribution in [0.1, 0.15) is 47.9 Å². The molecule has 0 spiro atoms. The van der Waals surface area contributed by atoms with E-state index < -0.39 is 10.0 Å². The van der Waals surface area contributed by atoms with Gasteiger partial charge in [0.1, 0.15) is 0 Å². The first-order chi connectivity index (χ1) is 16.3. The second-order valence-corrected chi connectivity index (χ2v) is 10.0. The first-order valence-corrected chi connectivity index (χ1v) is 12.7. The summed E-state index contributed by atoms with van der Waals surface area (Å²) in [6.45, 7) is 5.95. The van der Waals surface area contributed by atoms with Crippen LogP contribution in [-0.4, -0.2) is 32.8 Å². The van der Waals surface area contributed by atoms with Crippen LogP contribution in [0.2, 0.25) is 0 Å². The second kappa shape index (κ2) is 9.30. The molecule has 34 heavy (non-hydrogen) atoms. The lowest BCUT2D eigenvalue weighted by atomic mass is 9.99. The molecule has 4 rings (SSSR count). The lowest BCUT2D eigenvalue weighted by Crippen LogP contribution is -2.34. The number of nitrogens with zero attached hydrogens (tertiary/aromatic N) is 1. The van der Waals surface area contributed by atoms with Gasteiger partial charge in [0.15, 0.2) is 0 Å². The maximum atomic E-state index is 13.2. The number of carbonyl (C=O) groups is 2. The molecule has 0 saturated heterocycles. The molecule has 2 amide bonds. The van der Waals surface area contributed by atoms with Crippen LogP contribution in [0.3, 0.4) is 0 Å². The molecule has 0 aromatic heterocycles. The zero-order valence-electron chi connectivity index (χ0n) is 19.3. The summed E-state index contributed by atoms with van der Waals surface area (Å²) in [5.74, 6) is -0.644. The Kier molecular flexibility index (Phi) is 6.43. The number of sulfonamides is 1. The minimum atomic E-state index is -3.67. The lowest BCUT2D eigenvalue weighted by Gasteiger charge is -2.31. The van der Waals surface area contributed by atoms with Crippen LogP contribution >= 0.6 is 0 Å². The van der Waals surface area contributed by atoms with Gasteiger partial charge in [-0.2, -0.15) is 0 Å². The molecule has 3 aromatic rings. The van der Waals surface area contributed by atoms with Gasteiger partial charge in [0.25, 0.3) is 21.8 Å². The van der Waals surface area contributed by atoms with Gasteiger partial charge in [-0.3, -0.25) is 13.9 Å². The molecule has 1 aliphatic heterocycles. The van der Waals surface area contributed by atoms with Crippen molar-refractivity contribution in [1.29, 1.82) is 0 Å². The van der Waals surface area contributed by atoms with E-state index in [1.165, 1.54) is 4.31 Å². The quantitative estimate of drug-likeness (QED) is 0.540. The predicted molar refractivity (Wildman–Crippen MR) is 134 cm³/mol. The molecule has 7 nitrogen and oxygen atoms in total. The summed E-state index contributed by atoms with van der Waals surface area (Å²) in [6.07, 6.45) is 0.793. The van der Waals surface area contributed by atoms with Gasteiger partial charge in [-0.15, -0.1) is 0 Å². The van der Waals surface area contributed by atoms with Gasteiger partial charge in [-0.1, -0.05) is 37.3 Å². The van der Waals surface area contributed by atoms with E-state index in [0.29, 0.717) is 33.6 Å². The van der Waals surface area contributed by atoms with Crippen molar-refractivity contribution < 1.29 is 18.0 Å². The third-order valence-electron chi connectivity index (χ3n) is 5.97. The number of anilines is 2. The highest BCUT2D eigenvalue weighted by atomic mass is 32.2. The number of carbonyl (C=O) groups excluding carboxylic acids is 2. The molecule has 0 saturated carbocycles. The van der Waals surface area contributed by atoms with Crippen molar-refractivity contribution in [3.05, 3.63) is 77.9 Å². The van der Waals surface area contributed by atoms with Gasteiger partial charge in [0.2, 0.25) is 0 Å². The standard InChI is InChI=1S/C26H27N3O4S/c1-4-17(3)27-26(31)20-11-6-8-12-22(20)28-25(30)18-14-15-23-21(16-18)19-10-7-9-13-24(19)34(32,33)29(23)5-2/h6-17H,4-5H2,1-3H3,(H,27,31)(H,28,30). The zero-order valence-corrected chi connectivity index (χ0v) is 20.1. The summed E-state index contributed by atoms with van der Waals surface area (Å²) in [5, 5.41) is 5.76. The third kappa shape index (κ3) is 4.17. The minimum absolute atomic E-state index is 0.00904. The Morgan fingerprint density at radius 3 is 2.35 bits per heavy atom. The fraction of sp³-hybridized carbons (Fsp3) is 0.231. The molecule has 176 valence electrons. The summed E-state index contributed by atoms with van der Waals surface area (Å²) < 4.78 is 27.5. The Morgan fingerprint density at radius 2 is 1.62 bits per heavy atom. The van der Waals surface area contributed by atoms with Crippen LogP contribution in [0.15, 0.2) is 71.6 Å². The first kappa shape index (κ1) is 23.5. The number of hydrogen-bond donors (Lipinski definition) is 2. The Labute approximate surface area is 199 Å². The monoisotopic (exact) mass is 477 g/mol. The Bertz CT molecular complexity index is 1370. The average Bonchev–Trinajstić information content (AvgIpc) is 2.84. The molecule has 0 bridgehead atoms. The van der Waals surface area contributed by atoms with E-state index in [4.69, 9.17) is 0 Å². The summed E-state index contributed by atoms with van der Waals surface area (Å²) in [6, 6.07) is 18.6. The topological polar surface area (TPSA) is 95.6 Å². The maximum absolute atomic E-state index is 13.2. The fourth-order valence-electron chi connectivity index (χ4n) is 4.00. The van der Waals surface area contributed by atoms with E-state index in [0.717, 1.165) is 6.42 Å². The maximum Gasteiger partial charge on any atom is 0.264 e. The lowest BCUT2D eigenvalue weighted by molar-refractivity contribution is 0.0940. The highest BCUT2D eigenvalue weighted by Gasteiger charge is 2.34. The molecule has 8 heteroatoms. The largest absolute Gasteiger partial charge is 0.350 e. The molecule has 1 atom stereocenters. The van der Waals surface area contributed by atoms with E-state index in [1.807, 2.05) is 13.8 Å². The summed E-state index contributed by atoms with van der Waals surface area (Å²) >= 11 is 0. The number of hydrogen-bond acceptors (Lipinski definition) is 4. The zero-order chi connectivity index (χ0) is 24.5. The molecule has 0 radical (unpaired) electrons. The number of nitrogens with one attached hydrogen (secondary N) is 2. The molecule has 2 N–H and O–H groups in total. The van der Waals surface area contributed by atoms with Crippen molar-refractivity contribution in [3.8, 4) is 11.1 Å². The van der Waals surface area contributed by atoms with Gasteiger partial charge < -0.3 is 10.6 Å². The van der Waals surface area contributed by atoms with Crippen molar-refractivity contribution in [3.63, 3.8) is 0 Å². The SMILES string of the molecule is CCC(C)NC(=O)c1ccccc1NC(=O)c1ccc2c(c1)-c1ccccc1S(=O)(=O)N2CC. The summed E-state index contributed by atoms with van der Waals surface area (Å²) in [4.78, 5) is 26.1. The number of rotatable bonds is 6. The van der Waals surface area contributed by atoms with Crippen molar-refractivity contribution in [2.24, 2.45) is 0 Å². The summed E-state index contributed by atoms with van der Waals surface area (Å²) in [5.41, 5.74) is 2.91. The average molecular weight is 478 g/mol. The van der Waals surface area contributed by atoms with Crippen molar-refractivity contribution in [2.75, 3.05) is 16.2 Å². The molecule has 0 aliphatic carbocycles. The van der Waals surface area contributed by atoms with Crippen LogP contribution in [0, 0.1) is 0 Å². The molecule has 1 heterocycles. The van der Waals surface area contributed by atoms with Crippen molar-refractivity contribution >= 4 is 33.2 Å². The number of benzene rings is 3. The van der Waals surface area contributed by atoms with Crippen LogP contribution < -0.4 is 14.9 Å². The Morgan fingerprint density at radius 1 is 0.912 bits per heavy atom. The number of amides is 2. The summed E-state index contributed by atoms with van der Waals surface area (Å²) in [7, 11) is -3.67. The van der Waals surface area contributed by atoms with E-state index in [-0.39, 0.29) is 29.3 Å². The van der Waals surface area contributed by atoms with Gasteiger partial charge in [0.05, 0.1) is 21.8 Å². The first-order valence-electron chi connectivity index (χ1n) is 11.2. The van der Waals surface area contributed by atoms with Crippen LogP contribution in [-0.2, 0) is 10.0 Å². The molecule has 1 aliphatic rings. The van der Waals surface area contributed by atoms with E-state index >= 15 is 0 Å². The van der Waals surface area contributed by atoms with Gasteiger partial charge in [-0.05, 0) is 56.7 Å². The van der Waals surface area contributed by atoms with Crippen molar-refractivity contribution in [1.82, 2.24) is 5.32 Å². The Balaban J connectivity index is 1.69. The van der Waals surface area contributed by atoms with Gasteiger partial charge in [-0.25, -0.2) is 8.42 Å². The number of fused-ring (bicyclic) bond motifs is 3. The predicted octanol–water partition coefficient (Wildman–Crippen LogP) is 4.66. The fourth-order valence-corrected chi connectivity index (χ4v) is 5.70. The van der Waals surface area contributed by atoms with Crippen molar-refractivity contribution in [2.45, 2.75) is 38.1 Å². The van der Waals surface area contributed by atoms with Crippen LogP contribution in [0.4, 0.5) is 11.4 Å². The van der Waals surface area contributed by atoms with Gasteiger partial charge in [0, 0.05) is 29.3 Å². The normalized spacial score (nSPS) is 14.5. The van der Waals surface area contributed by atoms with Crippen LogP contribution in [0.5, 0.6) is 0 Å². The highest BCUT2D eigenvalue weighted by molar-refractivity contribution is 7.93. The van der Waals surface area contributed by atoms with Crippen LogP contribution in [0.25, 0.3) is 11.1 Å². The molecular formula is C26H27N3O4S. The second-order valence-electron chi connectivity index (χ2n) is 8.18. The molecular weight excluding hydrogens is 450 g/mol. The van der Waals surface area contributed by atoms with Gasteiger partial charge >= 0.3 is 0 Å². The third-order valence-corrected chi connectivity index (χ3v) is 7.92. The molecule has 3 aromatic carbocycles. The number of para-hydroxylation sites is 1. The molecule has 0 fully saturated rings. The van der Waals surface area contributed by atoms with E-state index in [9.17, 15) is 18.0 Å². The Hall–Kier alpha value is -3.65. The van der Waals surface area contributed by atoms with E-state index in [1.54, 1.807) is 73.7 Å². The molecule has 1 unspecified atom stereocenters. The smallest absolute Gasteiger partial charge is 0.264 e. The highest BCUT2D eigenvalue weighted by Crippen LogP contribution is 2.43.